The number of hydrogen-bond acceptors (Lipinski definition) is 8. The molecule has 0 bridgehead atoms. The van der Waals surface area contributed by atoms with Gasteiger partial charge in [0.05, 0.1) is 30.1 Å². The van der Waals surface area contributed by atoms with Gasteiger partial charge in [0, 0.05) is 48.6 Å². The number of ether oxygens (including phenoxy) is 1. The number of methoxy groups -OCH3 is 1. The average molecular weight is 663 g/mol. The number of nitrogens with zero attached hydrogens (tertiary/aromatic N) is 2. The number of nitrogen functional groups attached to an aromatic ring is 1. The number of aliphatic imine (C=N–C) groups is 1. The maximum atomic E-state index is 15.1. The fourth-order valence-electron chi connectivity index (χ4n) is 5.25. The van der Waals surface area contributed by atoms with Crippen LogP contribution in [0.1, 0.15) is 60.6 Å². The first-order chi connectivity index (χ1) is 22.3. The number of rotatable bonds is 9. The molecular weight excluding hydrogens is 616 g/mol. The van der Waals surface area contributed by atoms with Crippen LogP contribution in [0.2, 0.25) is 0 Å². The van der Waals surface area contributed by atoms with Crippen LogP contribution in [-0.2, 0) is 10.2 Å². The maximum Gasteiger partial charge on any atom is 0.331 e. The summed E-state index contributed by atoms with van der Waals surface area (Å²) in [6.45, 7) is 6.04. The van der Waals surface area contributed by atoms with Crippen LogP contribution in [0.15, 0.2) is 41.4 Å². The van der Waals surface area contributed by atoms with E-state index >= 15 is 4.39 Å². The highest BCUT2D eigenvalue weighted by Gasteiger charge is 2.52. The number of alkyl halides is 3. The molecule has 1 saturated carbocycles. The standard InChI is InChI=1S/C22H25F2N3O.C10H12F2N2O.CH5N.CH4O/c1-13-8-14(4-5-17(13)23)19-20-15(21(2,3)11-26-20)9-18(27-19)16(10-25-12-28)22(24)6-7-22;1-6-3-7(5-14-10(11)12)9(13)8(4-6)15-2;2*1-2/h4-5,8-9,12,16,26H,6-7,10-11H2,1-3H3,(H,25,28);3-5,10H,13H2,1-2H3;2H2,1H3;2H,1H3/b;14-5+;;. The van der Waals surface area contributed by atoms with Gasteiger partial charge in [-0.25, -0.2) is 13.8 Å². The second kappa shape index (κ2) is 17.1. The highest BCUT2D eigenvalue weighted by Crippen LogP contribution is 2.52. The minimum atomic E-state index is -2.73. The molecule has 0 spiro atoms. The second-order valence-corrected chi connectivity index (χ2v) is 11.7. The third-order valence-electron chi connectivity index (χ3n) is 7.89. The molecule has 5 rings (SSSR count). The van der Waals surface area contributed by atoms with Crippen molar-refractivity contribution in [1.82, 2.24) is 10.3 Å². The predicted octanol–water partition coefficient (Wildman–Crippen LogP) is 5.64. The van der Waals surface area contributed by atoms with Crippen LogP contribution in [0.5, 0.6) is 5.75 Å². The number of nitrogens with one attached hydrogen (secondary N) is 2. The molecule has 7 N–H and O–H groups in total. The Morgan fingerprint density at radius 1 is 1.15 bits per heavy atom. The van der Waals surface area contributed by atoms with Crippen LogP contribution in [0.25, 0.3) is 11.3 Å². The van der Waals surface area contributed by atoms with E-state index in [0.717, 1.165) is 42.2 Å². The molecule has 1 aliphatic heterocycles. The molecule has 1 fully saturated rings. The predicted molar refractivity (Wildman–Crippen MR) is 180 cm³/mol. The molecule has 13 heteroatoms. The molecule has 3 aromatic rings. The summed E-state index contributed by atoms with van der Waals surface area (Å²) in [6.07, 6.45) is 2.60. The van der Waals surface area contributed by atoms with Gasteiger partial charge in [-0.3, -0.25) is 9.78 Å². The molecule has 1 amide bonds. The Balaban J connectivity index is 0.000000343. The van der Waals surface area contributed by atoms with Gasteiger partial charge in [0.15, 0.2) is 0 Å². The molecule has 258 valence electrons. The normalized spacial score (nSPS) is 15.4. The number of nitrogens with two attached hydrogens (primary N) is 2. The first-order valence-corrected chi connectivity index (χ1v) is 15.0. The molecule has 1 aliphatic carbocycles. The van der Waals surface area contributed by atoms with Crippen molar-refractivity contribution in [1.29, 1.82) is 0 Å². The third kappa shape index (κ3) is 9.64. The Labute approximate surface area is 273 Å². The lowest BCUT2D eigenvalue weighted by Gasteiger charge is -2.24. The van der Waals surface area contributed by atoms with Crippen molar-refractivity contribution in [2.45, 2.75) is 64.1 Å². The first-order valence-electron chi connectivity index (χ1n) is 15.0. The molecule has 1 unspecified atom stereocenters. The number of pyridine rings is 1. The summed E-state index contributed by atoms with van der Waals surface area (Å²) < 4.78 is 57.6. The zero-order valence-corrected chi connectivity index (χ0v) is 27.9. The molecule has 2 heterocycles. The van der Waals surface area contributed by atoms with Gasteiger partial charge in [-0.2, -0.15) is 8.78 Å². The number of amides is 1. The molecule has 0 saturated heterocycles. The van der Waals surface area contributed by atoms with Crippen molar-refractivity contribution in [2.75, 3.05) is 45.4 Å². The number of aliphatic hydroxyl groups excluding tert-OH is 1. The summed E-state index contributed by atoms with van der Waals surface area (Å²) in [4.78, 5) is 18.6. The summed E-state index contributed by atoms with van der Waals surface area (Å²) in [5, 5.41) is 13.1. The fraction of sp³-hybridized carbons (Fsp3) is 0.441. The van der Waals surface area contributed by atoms with Gasteiger partial charge >= 0.3 is 6.55 Å². The first kappa shape index (κ1) is 39.0. The number of carbonyl (C=O) groups excluding carboxylic acids is 1. The molecule has 2 aromatic carbocycles. The second-order valence-electron chi connectivity index (χ2n) is 11.7. The number of anilines is 2. The van der Waals surface area contributed by atoms with Gasteiger partial charge in [-0.15, -0.1) is 0 Å². The number of aromatic nitrogens is 1. The third-order valence-corrected chi connectivity index (χ3v) is 7.89. The summed E-state index contributed by atoms with van der Waals surface area (Å²) >= 11 is 0. The number of hydrogen-bond donors (Lipinski definition) is 5. The van der Waals surface area contributed by atoms with Crippen molar-refractivity contribution in [2.24, 2.45) is 10.7 Å². The van der Waals surface area contributed by atoms with Gasteiger partial charge in [-0.1, -0.05) is 13.8 Å². The van der Waals surface area contributed by atoms with Crippen LogP contribution in [-0.4, -0.2) is 69.3 Å². The number of halogens is 4. The van der Waals surface area contributed by atoms with E-state index in [0.29, 0.717) is 53.2 Å². The molecular formula is C34H46F4N6O3. The number of benzene rings is 2. The molecule has 1 aromatic heterocycles. The lowest BCUT2D eigenvalue weighted by molar-refractivity contribution is -0.109. The Morgan fingerprint density at radius 2 is 1.81 bits per heavy atom. The Hall–Kier alpha value is -4.23. The van der Waals surface area contributed by atoms with E-state index in [1.54, 1.807) is 31.2 Å². The lowest BCUT2D eigenvalue weighted by Crippen LogP contribution is -2.29. The van der Waals surface area contributed by atoms with Gasteiger partial charge in [0.25, 0.3) is 0 Å². The Bertz CT molecular complexity index is 1530. The summed E-state index contributed by atoms with van der Waals surface area (Å²) in [7, 11) is 3.97. The van der Waals surface area contributed by atoms with Crippen LogP contribution in [0, 0.1) is 19.7 Å². The van der Waals surface area contributed by atoms with Crippen LogP contribution < -0.4 is 26.8 Å². The SMILES string of the molecule is CN.CO.COc1cc(C)cc(/C=N/C(F)F)c1N.Cc1cc(-c2nc(C(CNC=O)C3(F)CC3)cc3c2NCC3(C)C)ccc1F. The number of fused-ring (bicyclic) bond motifs is 1. The van der Waals surface area contributed by atoms with Gasteiger partial charge in [-0.05, 0) is 86.8 Å². The number of carbonyl (C=O) groups is 1. The lowest BCUT2D eigenvalue weighted by atomic mass is 9.84. The Morgan fingerprint density at radius 3 is 2.36 bits per heavy atom. The van der Waals surface area contributed by atoms with E-state index in [1.165, 1.54) is 20.2 Å². The molecule has 0 radical (unpaired) electrons. The smallest absolute Gasteiger partial charge is 0.331 e. The van der Waals surface area contributed by atoms with Gasteiger partial charge in [0.1, 0.15) is 17.2 Å². The van der Waals surface area contributed by atoms with Crippen LogP contribution >= 0.6 is 0 Å². The largest absolute Gasteiger partial charge is 0.495 e. The van der Waals surface area contributed by atoms with E-state index in [-0.39, 0.29) is 17.8 Å². The highest BCUT2D eigenvalue weighted by atomic mass is 19.3. The van der Waals surface area contributed by atoms with Crippen molar-refractivity contribution < 1.29 is 32.2 Å². The van der Waals surface area contributed by atoms with Gasteiger partial charge < -0.3 is 31.9 Å². The van der Waals surface area contributed by atoms with E-state index in [1.807, 2.05) is 13.0 Å². The van der Waals surface area contributed by atoms with E-state index < -0.39 is 18.1 Å². The average Bonchev–Trinajstić information content (AvgIpc) is 3.73. The molecule has 1 atom stereocenters. The number of aryl methyl sites for hydroxylation is 2. The highest BCUT2D eigenvalue weighted by molar-refractivity contribution is 5.89. The van der Waals surface area contributed by atoms with Crippen LogP contribution in [0.3, 0.4) is 0 Å². The van der Waals surface area contributed by atoms with Gasteiger partial charge in [0.2, 0.25) is 6.41 Å². The van der Waals surface area contributed by atoms with Crippen molar-refractivity contribution >= 4 is 24.0 Å². The fourth-order valence-corrected chi connectivity index (χ4v) is 5.25. The summed E-state index contributed by atoms with van der Waals surface area (Å²) in [5.74, 6) is -0.302. The minimum Gasteiger partial charge on any atom is -0.495 e. The van der Waals surface area contributed by atoms with Crippen LogP contribution in [0.4, 0.5) is 28.9 Å². The molecule has 9 nitrogen and oxygen atoms in total. The van der Waals surface area contributed by atoms with E-state index in [4.69, 9.17) is 20.6 Å². The number of aliphatic hydroxyl groups is 1. The van der Waals surface area contributed by atoms with E-state index in [9.17, 15) is 18.0 Å². The van der Waals surface area contributed by atoms with Crippen molar-refractivity contribution in [3.8, 4) is 17.0 Å². The monoisotopic (exact) mass is 662 g/mol. The van der Waals surface area contributed by atoms with E-state index in [2.05, 4.69) is 35.2 Å². The topological polar surface area (TPSA) is 148 Å². The zero-order valence-electron chi connectivity index (χ0n) is 27.9. The minimum absolute atomic E-state index is 0.132. The quantitative estimate of drug-likeness (QED) is 0.0655. The molecule has 47 heavy (non-hydrogen) atoms. The summed E-state index contributed by atoms with van der Waals surface area (Å²) in [5.41, 5.74) is 15.0. The van der Waals surface area contributed by atoms with Crippen molar-refractivity contribution in [3.05, 3.63) is 70.2 Å². The Kier molecular flexibility index (Phi) is 14.1. The summed E-state index contributed by atoms with van der Waals surface area (Å²) in [6, 6.07) is 10.3. The molecule has 2 aliphatic rings. The van der Waals surface area contributed by atoms with Crippen molar-refractivity contribution in [3.63, 3.8) is 0 Å². The zero-order chi connectivity index (χ0) is 35.5. The maximum absolute atomic E-state index is 15.1.